The van der Waals surface area contributed by atoms with Gasteiger partial charge in [-0.3, -0.25) is 19.2 Å². The molecule has 0 saturated carbocycles. The van der Waals surface area contributed by atoms with E-state index >= 15 is 0 Å². The number of rotatable bonds is 12. The van der Waals surface area contributed by atoms with Crippen molar-refractivity contribution in [1.29, 1.82) is 0 Å². The number of carbonyl (C=O) groups excluding carboxylic acids is 5. The zero-order valence-electron chi connectivity index (χ0n) is 31.9. The third-order valence-corrected chi connectivity index (χ3v) is 9.46. The number of ether oxygens (including phenoxy) is 4. The Balaban J connectivity index is 2.04. The highest BCUT2D eigenvalue weighted by Crippen LogP contribution is 2.32. The molecular weight excluding hydrogens is 702 g/mol. The zero-order valence-corrected chi connectivity index (χ0v) is 32.7. The van der Waals surface area contributed by atoms with Crippen LogP contribution in [-0.2, 0) is 44.6 Å². The third-order valence-electron chi connectivity index (χ3n) is 9.16. The first-order chi connectivity index (χ1) is 25.1. The Labute approximate surface area is 317 Å². The van der Waals surface area contributed by atoms with E-state index in [-0.39, 0.29) is 44.2 Å². The van der Waals surface area contributed by atoms with Gasteiger partial charge in [0.15, 0.2) is 6.10 Å². The number of esters is 3. The fourth-order valence-corrected chi connectivity index (χ4v) is 6.26. The number of carbonyl (C=O) groups is 5. The predicted octanol–water partition coefficient (Wildman–Crippen LogP) is 4.92. The van der Waals surface area contributed by atoms with Crippen molar-refractivity contribution in [2.45, 2.75) is 91.1 Å². The first kappa shape index (κ1) is 43.0. The SMILES string of the molecule is CNCC(=O)O[C@H]([C@@H](C)[C@@H]1C/C=C/C(=O)N[C@H](Cc2ccc(OC)c(Cl)c2)C(=O)NCC(C)(C)C(=O)O[C@@H](CC(C)C)C(=O)O1)[C@@H](C)c1ccccc1. The second-order valence-corrected chi connectivity index (χ2v) is 14.9. The Morgan fingerprint density at radius 1 is 1.04 bits per heavy atom. The van der Waals surface area contributed by atoms with Gasteiger partial charge in [-0.25, -0.2) is 4.79 Å². The van der Waals surface area contributed by atoms with Crippen molar-refractivity contribution in [3.63, 3.8) is 0 Å². The largest absolute Gasteiger partial charge is 0.495 e. The van der Waals surface area contributed by atoms with Gasteiger partial charge in [-0.1, -0.05) is 81.8 Å². The van der Waals surface area contributed by atoms with Crippen LogP contribution in [0.15, 0.2) is 60.7 Å². The molecule has 290 valence electrons. The molecule has 0 saturated heterocycles. The van der Waals surface area contributed by atoms with Crippen molar-refractivity contribution < 1.29 is 42.9 Å². The van der Waals surface area contributed by atoms with E-state index in [2.05, 4.69) is 16.0 Å². The molecule has 0 unspecified atom stereocenters. The molecule has 0 spiro atoms. The molecule has 0 radical (unpaired) electrons. The number of nitrogens with one attached hydrogen (secondary N) is 3. The van der Waals surface area contributed by atoms with Gasteiger partial charge in [-0.15, -0.1) is 0 Å². The zero-order chi connectivity index (χ0) is 39.3. The molecule has 1 aliphatic heterocycles. The molecular formula is C40H54ClN3O9. The fraction of sp³-hybridized carbons (Fsp3) is 0.525. The highest BCUT2D eigenvalue weighted by Gasteiger charge is 2.39. The van der Waals surface area contributed by atoms with Gasteiger partial charge < -0.3 is 34.9 Å². The fourth-order valence-electron chi connectivity index (χ4n) is 5.98. The standard InChI is InChI=1S/C40H54ClN3O9/c1-24(2)19-33-38(48)51-31(26(4)36(53-35(46)22-42-7)25(3)28-13-10-9-11-14-28)15-12-16-34(45)44-30(21-27-17-18-32(50-8)29(41)20-27)37(47)43-23-40(5,6)39(49)52-33/h9-14,16-18,20,24-26,30-31,33,36,42H,15,19,21-23H2,1-8H3,(H,43,47)(H,44,45)/b16-12+/t25-,26-,30+,31-,33-,36-/m0/s1. The Kier molecular flexibility index (Phi) is 16.3. The molecule has 6 atom stereocenters. The van der Waals surface area contributed by atoms with Gasteiger partial charge in [0.1, 0.15) is 24.0 Å². The van der Waals surface area contributed by atoms with E-state index in [9.17, 15) is 24.0 Å². The average Bonchev–Trinajstić information content (AvgIpc) is 3.11. The van der Waals surface area contributed by atoms with Gasteiger partial charge in [0, 0.05) is 31.2 Å². The van der Waals surface area contributed by atoms with Crippen molar-refractivity contribution in [3.05, 3.63) is 76.8 Å². The summed E-state index contributed by atoms with van der Waals surface area (Å²) < 4.78 is 23.2. The van der Waals surface area contributed by atoms with Gasteiger partial charge in [0.2, 0.25) is 11.8 Å². The van der Waals surface area contributed by atoms with E-state index in [4.69, 9.17) is 30.5 Å². The molecule has 13 heteroatoms. The molecule has 2 amide bonds. The maximum absolute atomic E-state index is 13.9. The van der Waals surface area contributed by atoms with Crippen LogP contribution in [0.4, 0.5) is 0 Å². The molecule has 53 heavy (non-hydrogen) atoms. The molecule has 0 aliphatic carbocycles. The van der Waals surface area contributed by atoms with Crippen molar-refractivity contribution in [2.24, 2.45) is 17.3 Å². The first-order valence-corrected chi connectivity index (χ1v) is 18.3. The summed E-state index contributed by atoms with van der Waals surface area (Å²) in [6.45, 7) is 10.5. The van der Waals surface area contributed by atoms with Crippen LogP contribution in [0.2, 0.25) is 5.02 Å². The molecule has 0 bridgehead atoms. The summed E-state index contributed by atoms with van der Waals surface area (Å²) in [7, 11) is 3.13. The minimum atomic E-state index is -1.26. The Morgan fingerprint density at radius 3 is 2.36 bits per heavy atom. The van der Waals surface area contributed by atoms with Gasteiger partial charge in [-0.05, 0) is 62.6 Å². The van der Waals surface area contributed by atoms with Crippen LogP contribution in [0.1, 0.15) is 71.4 Å². The molecule has 1 aliphatic rings. The summed E-state index contributed by atoms with van der Waals surface area (Å²) in [5.41, 5.74) is 0.314. The van der Waals surface area contributed by atoms with Gasteiger partial charge in [0.05, 0.1) is 24.1 Å². The summed E-state index contributed by atoms with van der Waals surface area (Å²) >= 11 is 6.34. The van der Waals surface area contributed by atoms with Crippen molar-refractivity contribution in [1.82, 2.24) is 16.0 Å². The molecule has 2 aromatic rings. The molecule has 12 nitrogen and oxygen atoms in total. The number of hydrogen-bond acceptors (Lipinski definition) is 10. The topological polar surface area (TPSA) is 158 Å². The van der Waals surface area contributed by atoms with Crippen LogP contribution in [0, 0.1) is 17.3 Å². The van der Waals surface area contributed by atoms with E-state index in [1.54, 1.807) is 45.2 Å². The van der Waals surface area contributed by atoms with Crippen LogP contribution in [-0.4, -0.2) is 81.3 Å². The van der Waals surface area contributed by atoms with Crippen molar-refractivity contribution >= 4 is 41.3 Å². The number of hydrogen-bond donors (Lipinski definition) is 3. The number of halogens is 1. The number of likely N-dealkylation sites (N-methyl/N-ethyl adjacent to an activating group) is 1. The summed E-state index contributed by atoms with van der Waals surface area (Å²) in [6, 6.07) is 13.5. The number of benzene rings is 2. The molecule has 3 N–H and O–H groups in total. The second kappa shape index (κ2) is 20.1. The molecule has 3 rings (SSSR count). The van der Waals surface area contributed by atoms with E-state index in [1.807, 2.05) is 58.0 Å². The summed E-state index contributed by atoms with van der Waals surface area (Å²) in [5, 5.41) is 8.67. The van der Waals surface area contributed by atoms with Crippen LogP contribution in [0.25, 0.3) is 0 Å². The monoisotopic (exact) mass is 755 g/mol. The van der Waals surface area contributed by atoms with Crippen LogP contribution in [0.3, 0.4) is 0 Å². The molecule has 0 aromatic heterocycles. The average molecular weight is 756 g/mol. The summed E-state index contributed by atoms with van der Waals surface area (Å²) in [6.07, 6.45) is 0.209. The lowest BCUT2D eigenvalue weighted by Gasteiger charge is -2.35. The van der Waals surface area contributed by atoms with E-state index < -0.39 is 65.4 Å². The first-order valence-electron chi connectivity index (χ1n) is 17.9. The highest BCUT2D eigenvalue weighted by molar-refractivity contribution is 6.32. The van der Waals surface area contributed by atoms with E-state index in [0.29, 0.717) is 16.3 Å². The number of cyclic esters (lactones) is 2. The van der Waals surface area contributed by atoms with Gasteiger partial charge >= 0.3 is 17.9 Å². The van der Waals surface area contributed by atoms with E-state index in [1.165, 1.54) is 13.2 Å². The maximum atomic E-state index is 13.9. The van der Waals surface area contributed by atoms with E-state index in [0.717, 1.165) is 5.56 Å². The quantitative estimate of drug-likeness (QED) is 0.201. The molecule has 0 fully saturated rings. The van der Waals surface area contributed by atoms with Crippen molar-refractivity contribution in [2.75, 3.05) is 27.2 Å². The second-order valence-electron chi connectivity index (χ2n) is 14.5. The molecule has 1 heterocycles. The smallest absolute Gasteiger partial charge is 0.347 e. The minimum absolute atomic E-state index is 0.0328. The maximum Gasteiger partial charge on any atom is 0.347 e. The van der Waals surface area contributed by atoms with Gasteiger partial charge in [0.25, 0.3) is 0 Å². The van der Waals surface area contributed by atoms with Crippen LogP contribution in [0.5, 0.6) is 5.75 Å². The normalized spacial score (nSPS) is 22.3. The number of amides is 2. The summed E-state index contributed by atoms with van der Waals surface area (Å²) in [4.78, 5) is 67.3. The van der Waals surface area contributed by atoms with Gasteiger partial charge in [-0.2, -0.15) is 0 Å². The third kappa shape index (κ3) is 12.9. The highest BCUT2D eigenvalue weighted by atomic mass is 35.5. The lowest BCUT2D eigenvalue weighted by molar-refractivity contribution is -0.181. The lowest BCUT2D eigenvalue weighted by atomic mass is 9.84. The lowest BCUT2D eigenvalue weighted by Crippen LogP contribution is -2.51. The van der Waals surface area contributed by atoms with Crippen molar-refractivity contribution in [3.8, 4) is 5.75 Å². The Bertz CT molecular complexity index is 1600. The summed E-state index contributed by atoms with van der Waals surface area (Å²) in [5.74, 6) is -3.55. The van der Waals surface area contributed by atoms with Crippen LogP contribution >= 0.6 is 11.6 Å². The number of methoxy groups -OCH3 is 1. The Morgan fingerprint density at radius 2 is 1.74 bits per heavy atom. The van der Waals surface area contributed by atoms with Crippen LogP contribution < -0.4 is 20.7 Å². The molecule has 2 aromatic carbocycles. The predicted molar refractivity (Wildman–Crippen MR) is 201 cm³/mol. The Hall–Kier alpha value is -4.42. The minimum Gasteiger partial charge on any atom is -0.495 e.